The molecule has 1 N–H and O–H groups in total. The van der Waals surface area contributed by atoms with E-state index in [1.165, 1.54) is 6.07 Å². The van der Waals surface area contributed by atoms with Crippen LogP contribution in [0.3, 0.4) is 0 Å². The highest BCUT2D eigenvalue weighted by molar-refractivity contribution is 5.98. The molecule has 8 heteroatoms. The van der Waals surface area contributed by atoms with E-state index in [1.807, 2.05) is 0 Å². The van der Waals surface area contributed by atoms with Crippen LogP contribution in [0, 0.1) is 5.82 Å². The number of hydrazone groups is 1. The summed E-state index contributed by atoms with van der Waals surface area (Å²) in [5, 5.41) is 13.4. The van der Waals surface area contributed by atoms with E-state index >= 15 is 0 Å². The number of halogens is 4. The summed E-state index contributed by atoms with van der Waals surface area (Å²) in [5.41, 5.74) is -3.68. The van der Waals surface area contributed by atoms with E-state index in [1.54, 1.807) is 6.92 Å². The Hall–Kier alpha value is -1.96. The average Bonchev–Trinajstić information content (AvgIpc) is 2.76. The molecule has 2 rings (SSSR count). The molecule has 4 nitrogen and oxygen atoms in total. The molecule has 0 fully saturated rings. The third-order valence-electron chi connectivity index (χ3n) is 3.17. The summed E-state index contributed by atoms with van der Waals surface area (Å²) in [6.45, 7) is 1.56. The smallest absolute Gasteiger partial charge is 0.362 e. The van der Waals surface area contributed by atoms with Crippen LogP contribution < -0.4 is 0 Å². The first kappa shape index (κ1) is 15.4. The van der Waals surface area contributed by atoms with E-state index in [9.17, 15) is 27.5 Å². The lowest BCUT2D eigenvalue weighted by atomic mass is 10.0. The highest BCUT2D eigenvalue weighted by Gasteiger charge is 2.63. The molecule has 21 heavy (non-hydrogen) atoms. The van der Waals surface area contributed by atoms with Crippen molar-refractivity contribution in [3.8, 4) is 0 Å². The van der Waals surface area contributed by atoms with Gasteiger partial charge in [-0.1, -0.05) is 13.0 Å². The molecule has 1 aromatic carbocycles. The van der Waals surface area contributed by atoms with Crippen LogP contribution in [0.2, 0.25) is 0 Å². The van der Waals surface area contributed by atoms with Crippen molar-refractivity contribution in [2.45, 2.75) is 31.7 Å². The molecule has 0 saturated heterocycles. The van der Waals surface area contributed by atoms with Crippen LogP contribution in [-0.4, -0.2) is 33.6 Å². The van der Waals surface area contributed by atoms with Crippen molar-refractivity contribution in [3.05, 3.63) is 35.6 Å². The summed E-state index contributed by atoms with van der Waals surface area (Å²) in [6, 6.07) is 4.19. The Morgan fingerprint density at radius 3 is 2.67 bits per heavy atom. The van der Waals surface area contributed by atoms with Gasteiger partial charge in [-0.2, -0.15) is 23.3 Å². The van der Waals surface area contributed by atoms with Gasteiger partial charge in [-0.3, -0.25) is 4.79 Å². The first-order valence-electron chi connectivity index (χ1n) is 6.14. The Labute approximate surface area is 117 Å². The van der Waals surface area contributed by atoms with Gasteiger partial charge in [0.25, 0.3) is 11.6 Å². The second kappa shape index (κ2) is 5.10. The second-order valence-corrected chi connectivity index (χ2v) is 4.64. The quantitative estimate of drug-likeness (QED) is 0.854. The molecule has 1 heterocycles. The lowest BCUT2D eigenvalue weighted by molar-refractivity contribution is -0.297. The SMILES string of the molecule is CCC1=NN(C(=O)c2cccc(F)c2)[C@](O)(C(F)(F)F)C1. The summed E-state index contributed by atoms with van der Waals surface area (Å²) < 4.78 is 52.3. The number of benzene rings is 1. The van der Waals surface area contributed by atoms with Crippen LogP contribution in [0.5, 0.6) is 0 Å². The van der Waals surface area contributed by atoms with Gasteiger partial charge in [0.2, 0.25) is 0 Å². The van der Waals surface area contributed by atoms with Crippen molar-refractivity contribution in [1.82, 2.24) is 5.01 Å². The predicted octanol–water partition coefficient (Wildman–Crippen LogP) is 2.69. The first-order valence-corrected chi connectivity index (χ1v) is 6.14. The fourth-order valence-corrected chi connectivity index (χ4v) is 1.99. The third-order valence-corrected chi connectivity index (χ3v) is 3.17. The Morgan fingerprint density at radius 2 is 2.14 bits per heavy atom. The number of amides is 1. The van der Waals surface area contributed by atoms with E-state index in [-0.39, 0.29) is 22.7 Å². The minimum absolute atomic E-state index is 0.0133. The van der Waals surface area contributed by atoms with Gasteiger partial charge in [0, 0.05) is 17.7 Å². The van der Waals surface area contributed by atoms with Gasteiger partial charge in [0.15, 0.2) is 0 Å². The molecule has 1 amide bonds. The Kier molecular flexibility index (Phi) is 3.75. The number of carbonyl (C=O) groups is 1. The minimum atomic E-state index is -5.07. The van der Waals surface area contributed by atoms with Gasteiger partial charge >= 0.3 is 6.18 Å². The maximum atomic E-state index is 13.1. The molecule has 0 bridgehead atoms. The molecule has 1 atom stereocenters. The molecule has 0 saturated carbocycles. The van der Waals surface area contributed by atoms with Gasteiger partial charge in [-0.05, 0) is 24.6 Å². The van der Waals surface area contributed by atoms with Crippen LogP contribution >= 0.6 is 0 Å². The molecule has 0 radical (unpaired) electrons. The molecular formula is C13H12F4N2O2. The number of rotatable bonds is 2. The highest BCUT2D eigenvalue weighted by atomic mass is 19.4. The fourth-order valence-electron chi connectivity index (χ4n) is 1.99. The van der Waals surface area contributed by atoms with E-state index in [0.29, 0.717) is 0 Å². The zero-order valence-electron chi connectivity index (χ0n) is 11.0. The van der Waals surface area contributed by atoms with Crippen molar-refractivity contribution in [1.29, 1.82) is 0 Å². The molecule has 0 spiro atoms. The zero-order valence-corrected chi connectivity index (χ0v) is 11.0. The van der Waals surface area contributed by atoms with Crippen molar-refractivity contribution < 1.29 is 27.5 Å². The molecular weight excluding hydrogens is 292 g/mol. The number of hydrogen-bond acceptors (Lipinski definition) is 3. The van der Waals surface area contributed by atoms with Gasteiger partial charge in [0.1, 0.15) is 5.82 Å². The van der Waals surface area contributed by atoms with E-state index in [0.717, 1.165) is 18.2 Å². The topological polar surface area (TPSA) is 52.9 Å². The molecule has 0 aromatic heterocycles. The number of alkyl halides is 3. The molecule has 1 aliphatic rings. The van der Waals surface area contributed by atoms with Crippen LogP contribution in [0.4, 0.5) is 17.6 Å². The van der Waals surface area contributed by atoms with Gasteiger partial charge < -0.3 is 5.11 Å². The minimum Gasteiger partial charge on any atom is -0.362 e. The van der Waals surface area contributed by atoms with Gasteiger partial charge in [0.05, 0.1) is 0 Å². The maximum absolute atomic E-state index is 13.1. The Morgan fingerprint density at radius 1 is 1.48 bits per heavy atom. The largest absolute Gasteiger partial charge is 0.438 e. The number of nitrogens with zero attached hydrogens (tertiary/aromatic N) is 2. The normalized spacial score (nSPS) is 22.4. The monoisotopic (exact) mass is 304 g/mol. The van der Waals surface area contributed by atoms with E-state index in [4.69, 9.17) is 0 Å². The van der Waals surface area contributed by atoms with Crippen LogP contribution in [0.15, 0.2) is 29.4 Å². The summed E-state index contributed by atoms with van der Waals surface area (Å²) in [4.78, 5) is 12.1. The predicted molar refractivity (Wildman–Crippen MR) is 65.9 cm³/mol. The standard InChI is InChI=1S/C13H12F4N2O2/c1-2-10-7-12(21,13(15,16)17)19(18-10)11(20)8-4-3-5-9(14)6-8/h3-6,21H,2,7H2,1H3/t12-/m1/s1. The van der Waals surface area contributed by atoms with Gasteiger partial charge in [-0.25, -0.2) is 4.39 Å². The van der Waals surface area contributed by atoms with Crippen molar-refractivity contribution in [3.63, 3.8) is 0 Å². The van der Waals surface area contributed by atoms with E-state index < -0.39 is 30.0 Å². The molecule has 1 aliphatic heterocycles. The lowest BCUT2D eigenvalue weighted by Gasteiger charge is -2.32. The average molecular weight is 304 g/mol. The van der Waals surface area contributed by atoms with Crippen LogP contribution in [0.1, 0.15) is 30.1 Å². The van der Waals surface area contributed by atoms with Crippen molar-refractivity contribution in [2.75, 3.05) is 0 Å². The number of carbonyl (C=O) groups excluding carboxylic acids is 1. The summed E-state index contributed by atoms with van der Waals surface area (Å²) in [5.74, 6) is -1.98. The third kappa shape index (κ3) is 2.63. The van der Waals surface area contributed by atoms with Crippen LogP contribution in [0.25, 0.3) is 0 Å². The van der Waals surface area contributed by atoms with Crippen molar-refractivity contribution >= 4 is 11.6 Å². The second-order valence-electron chi connectivity index (χ2n) is 4.64. The van der Waals surface area contributed by atoms with Gasteiger partial charge in [-0.15, -0.1) is 0 Å². The summed E-state index contributed by atoms with van der Waals surface area (Å²) >= 11 is 0. The Balaban J connectivity index is 2.43. The van der Waals surface area contributed by atoms with E-state index in [2.05, 4.69) is 5.10 Å². The molecule has 0 unspecified atom stereocenters. The first-order chi connectivity index (χ1) is 9.69. The maximum Gasteiger partial charge on any atom is 0.438 e. The summed E-state index contributed by atoms with van der Waals surface area (Å²) in [6.07, 6.45) is -5.73. The highest BCUT2D eigenvalue weighted by Crippen LogP contribution is 2.41. The summed E-state index contributed by atoms with van der Waals surface area (Å²) in [7, 11) is 0. The number of hydrogen-bond donors (Lipinski definition) is 1. The Bertz CT molecular complexity index is 600. The number of aliphatic hydroxyl groups is 1. The van der Waals surface area contributed by atoms with Crippen LogP contribution in [-0.2, 0) is 0 Å². The fraction of sp³-hybridized carbons (Fsp3) is 0.385. The molecule has 0 aliphatic carbocycles. The zero-order chi connectivity index (χ0) is 15.8. The molecule has 1 aromatic rings. The molecule has 114 valence electrons. The lowest BCUT2D eigenvalue weighted by Crippen LogP contribution is -2.56. The van der Waals surface area contributed by atoms with Crippen molar-refractivity contribution in [2.24, 2.45) is 5.10 Å².